The Morgan fingerprint density at radius 3 is 1.62 bits per heavy atom. The van der Waals surface area contributed by atoms with Crippen LogP contribution in [0.4, 0.5) is 0 Å². The standard InChI is InChI=1S/C20H31NO3.C18H20N2O6/c1-3-21(4-2)14-15-23-16-17-24-19(22)20(12-8-9-13-20)18-10-6-5-7-11-18;1-23-13-5-11(6-14(24-2)17(13)21)9-19-20-10-12-7-15(25-3)18(22)16(8-12)26-4/h5-7,10-11H,3-4,8-9,12-17H2,1-2H3;5-10,21-22H,1-4H3. The van der Waals surface area contributed by atoms with Gasteiger partial charge >= 0.3 is 5.97 Å². The summed E-state index contributed by atoms with van der Waals surface area (Å²) >= 11 is 0. The molecule has 0 radical (unpaired) electrons. The number of benzene rings is 3. The van der Waals surface area contributed by atoms with Gasteiger partial charge in [0.25, 0.3) is 0 Å². The number of methoxy groups -OCH3 is 4. The minimum Gasteiger partial charge on any atom is -0.502 e. The highest BCUT2D eigenvalue weighted by atomic mass is 16.6. The third-order valence-electron chi connectivity index (χ3n) is 8.57. The first kappa shape index (κ1) is 39.6. The molecule has 2 N–H and O–H groups in total. The van der Waals surface area contributed by atoms with Gasteiger partial charge in [-0.1, -0.05) is 57.0 Å². The lowest BCUT2D eigenvalue weighted by molar-refractivity contribution is -0.152. The Bertz CT molecular complexity index is 1420. The Kier molecular flexibility index (Phi) is 16.4. The lowest BCUT2D eigenvalue weighted by Crippen LogP contribution is -2.35. The number of esters is 1. The monoisotopic (exact) mass is 693 g/mol. The number of likely N-dealkylation sites (N-methyl/N-ethyl adjacent to an activating group) is 1. The van der Waals surface area contributed by atoms with Crippen LogP contribution in [-0.2, 0) is 19.7 Å². The molecule has 12 nitrogen and oxygen atoms in total. The quantitative estimate of drug-likeness (QED) is 0.0750. The molecule has 0 heterocycles. The molecule has 1 saturated carbocycles. The van der Waals surface area contributed by atoms with Crippen LogP contribution >= 0.6 is 0 Å². The third kappa shape index (κ3) is 10.8. The molecule has 0 saturated heterocycles. The molecule has 1 aliphatic carbocycles. The average molecular weight is 694 g/mol. The summed E-state index contributed by atoms with van der Waals surface area (Å²) in [5.41, 5.74) is 1.92. The Labute approximate surface area is 295 Å². The van der Waals surface area contributed by atoms with E-state index in [1.807, 2.05) is 30.3 Å². The van der Waals surface area contributed by atoms with Crippen molar-refractivity contribution in [3.8, 4) is 34.5 Å². The van der Waals surface area contributed by atoms with Crippen LogP contribution < -0.4 is 18.9 Å². The third-order valence-corrected chi connectivity index (χ3v) is 8.57. The van der Waals surface area contributed by atoms with E-state index in [9.17, 15) is 15.0 Å². The normalized spacial score (nSPS) is 13.7. The summed E-state index contributed by atoms with van der Waals surface area (Å²) in [6.07, 6.45) is 6.91. The van der Waals surface area contributed by atoms with Crippen molar-refractivity contribution >= 4 is 18.4 Å². The van der Waals surface area contributed by atoms with E-state index >= 15 is 0 Å². The van der Waals surface area contributed by atoms with Crippen LogP contribution in [-0.4, -0.2) is 101 Å². The van der Waals surface area contributed by atoms with Gasteiger partial charge < -0.3 is 43.5 Å². The minimum atomic E-state index is -0.442. The molecular formula is C38H51N3O9. The van der Waals surface area contributed by atoms with E-state index in [4.69, 9.17) is 28.4 Å². The fourth-order valence-electron chi connectivity index (χ4n) is 5.69. The predicted molar refractivity (Wildman–Crippen MR) is 194 cm³/mol. The molecule has 0 aromatic heterocycles. The zero-order valence-electron chi connectivity index (χ0n) is 30.0. The number of ether oxygens (including phenoxy) is 6. The summed E-state index contributed by atoms with van der Waals surface area (Å²) in [7, 11) is 5.77. The average Bonchev–Trinajstić information content (AvgIpc) is 3.66. The first-order chi connectivity index (χ1) is 24.3. The van der Waals surface area contributed by atoms with Crippen molar-refractivity contribution in [3.05, 3.63) is 71.3 Å². The van der Waals surface area contributed by atoms with Crippen molar-refractivity contribution < 1.29 is 43.4 Å². The van der Waals surface area contributed by atoms with Gasteiger partial charge in [0.2, 0.25) is 11.5 Å². The van der Waals surface area contributed by atoms with Crippen molar-refractivity contribution in [3.63, 3.8) is 0 Å². The van der Waals surface area contributed by atoms with Crippen LogP contribution in [0.25, 0.3) is 0 Å². The number of phenolic OH excluding ortho intramolecular Hbond substituents is 2. The summed E-state index contributed by atoms with van der Waals surface area (Å²) in [5, 5.41) is 27.7. The molecule has 0 spiro atoms. The second-order valence-electron chi connectivity index (χ2n) is 11.5. The van der Waals surface area contributed by atoms with E-state index in [0.717, 1.165) is 50.9 Å². The van der Waals surface area contributed by atoms with E-state index in [2.05, 4.69) is 29.0 Å². The minimum absolute atomic E-state index is 0.0843. The van der Waals surface area contributed by atoms with E-state index in [1.165, 1.54) is 40.9 Å². The fraction of sp³-hybridized carbons (Fsp3) is 0.447. The largest absolute Gasteiger partial charge is 0.502 e. The summed E-state index contributed by atoms with van der Waals surface area (Å²) < 4.78 is 31.5. The molecule has 50 heavy (non-hydrogen) atoms. The van der Waals surface area contributed by atoms with Gasteiger partial charge in [0.05, 0.1) is 59.5 Å². The lowest BCUT2D eigenvalue weighted by atomic mass is 9.79. The molecule has 1 fully saturated rings. The van der Waals surface area contributed by atoms with E-state index in [1.54, 1.807) is 24.3 Å². The van der Waals surface area contributed by atoms with E-state index in [-0.39, 0.29) is 40.5 Å². The Hall–Kier alpha value is -4.81. The molecule has 3 aromatic rings. The molecule has 0 unspecified atom stereocenters. The molecule has 1 aliphatic rings. The summed E-state index contributed by atoms with van der Waals surface area (Å²) in [4.78, 5) is 15.0. The van der Waals surface area contributed by atoms with Gasteiger partial charge in [-0.3, -0.25) is 4.79 Å². The molecular weight excluding hydrogens is 642 g/mol. The SMILES string of the molecule is CCN(CC)CCOCCOC(=O)C1(c2ccccc2)CCCC1.COc1cc(C=NN=Cc2cc(OC)c(O)c(OC)c2)cc(OC)c1O. The number of carbonyl (C=O) groups is 1. The highest BCUT2D eigenvalue weighted by molar-refractivity contribution is 5.85. The Morgan fingerprint density at radius 1 is 0.740 bits per heavy atom. The second kappa shape index (κ2) is 20.6. The first-order valence-corrected chi connectivity index (χ1v) is 16.8. The second-order valence-corrected chi connectivity index (χ2v) is 11.5. The number of hydrogen-bond donors (Lipinski definition) is 2. The fourth-order valence-corrected chi connectivity index (χ4v) is 5.69. The van der Waals surface area contributed by atoms with Crippen LogP contribution in [0.1, 0.15) is 56.2 Å². The topological polar surface area (TPSA) is 141 Å². The van der Waals surface area contributed by atoms with Gasteiger partial charge in [-0.05, 0) is 55.8 Å². The summed E-state index contributed by atoms with van der Waals surface area (Å²) in [6, 6.07) is 16.5. The van der Waals surface area contributed by atoms with Crippen LogP contribution in [0.15, 0.2) is 64.8 Å². The molecule has 3 aromatic carbocycles. The van der Waals surface area contributed by atoms with E-state index in [0.29, 0.717) is 30.9 Å². The molecule has 272 valence electrons. The van der Waals surface area contributed by atoms with E-state index < -0.39 is 5.41 Å². The number of rotatable bonds is 17. The smallest absolute Gasteiger partial charge is 0.316 e. The molecule has 0 amide bonds. The highest BCUT2D eigenvalue weighted by Crippen LogP contribution is 2.42. The molecule has 0 atom stereocenters. The van der Waals surface area contributed by atoms with Crippen molar-refractivity contribution in [2.24, 2.45) is 10.2 Å². The van der Waals surface area contributed by atoms with Gasteiger partial charge in [-0.15, -0.1) is 0 Å². The van der Waals surface area contributed by atoms with Gasteiger partial charge in [0.1, 0.15) is 6.61 Å². The van der Waals surface area contributed by atoms with Crippen LogP contribution in [0.5, 0.6) is 34.5 Å². The number of nitrogens with zero attached hydrogens (tertiary/aromatic N) is 3. The number of carbonyl (C=O) groups excluding carboxylic acids is 1. The molecule has 12 heteroatoms. The van der Waals surface area contributed by atoms with Crippen molar-refractivity contribution in [2.45, 2.75) is 44.9 Å². The van der Waals surface area contributed by atoms with Gasteiger partial charge in [-0.2, -0.15) is 10.2 Å². The van der Waals surface area contributed by atoms with Crippen molar-refractivity contribution in [1.29, 1.82) is 0 Å². The van der Waals surface area contributed by atoms with Crippen molar-refractivity contribution in [1.82, 2.24) is 4.90 Å². The van der Waals surface area contributed by atoms with Crippen LogP contribution in [0, 0.1) is 0 Å². The zero-order valence-corrected chi connectivity index (χ0v) is 30.0. The number of phenols is 2. The van der Waals surface area contributed by atoms with Crippen LogP contribution in [0.3, 0.4) is 0 Å². The predicted octanol–water partition coefficient (Wildman–Crippen LogP) is 5.99. The first-order valence-electron chi connectivity index (χ1n) is 16.8. The van der Waals surface area contributed by atoms with Gasteiger partial charge in [0.15, 0.2) is 23.0 Å². The maximum absolute atomic E-state index is 12.7. The maximum Gasteiger partial charge on any atom is 0.316 e. The zero-order chi connectivity index (χ0) is 36.4. The maximum atomic E-state index is 12.7. The van der Waals surface area contributed by atoms with Crippen LogP contribution in [0.2, 0.25) is 0 Å². The Morgan fingerprint density at radius 2 is 1.20 bits per heavy atom. The summed E-state index contributed by atoms with van der Waals surface area (Å²) in [6.45, 7) is 8.79. The molecule has 0 aliphatic heterocycles. The molecule has 4 rings (SSSR count). The highest BCUT2D eigenvalue weighted by Gasteiger charge is 2.44. The van der Waals surface area contributed by atoms with Gasteiger partial charge in [-0.25, -0.2) is 0 Å². The van der Waals surface area contributed by atoms with Crippen molar-refractivity contribution in [2.75, 3.05) is 67.9 Å². The summed E-state index contributed by atoms with van der Waals surface area (Å²) in [5.74, 6) is 0.813. The number of aromatic hydroxyl groups is 2. The number of hydrogen-bond acceptors (Lipinski definition) is 12. The lowest BCUT2D eigenvalue weighted by Gasteiger charge is -2.27. The Balaban J connectivity index is 0.000000271. The molecule has 0 bridgehead atoms. The van der Waals surface area contributed by atoms with Gasteiger partial charge in [0, 0.05) is 17.7 Å².